The van der Waals surface area contributed by atoms with Gasteiger partial charge in [-0.15, -0.1) is 0 Å². The molecule has 2 aromatic rings. The van der Waals surface area contributed by atoms with Crippen LogP contribution in [0.4, 0.5) is 5.82 Å². The molecule has 0 bridgehead atoms. The molecule has 0 atom stereocenters. The molecule has 0 amide bonds. The van der Waals surface area contributed by atoms with E-state index in [-0.39, 0.29) is 5.56 Å². The molecule has 2 fully saturated rings. The number of hydrogen-bond donors (Lipinski definition) is 3. The highest BCUT2D eigenvalue weighted by molar-refractivity contribution is 5.91. The number of nitrogens with one attached hydrogen (secondary N) is 2. The van der Waals surface area contributed by atoms with Crippen LogP contribution >= 0.6 is 0 Å². The Hall–Kier alpha value is -1.92. The lowest BCUT2D eigenvalue weighted by atomic mass is 9.83. The minimum absolute atomic E-state index is 0.0141. The van der Waals surface area contributed by atoms with Crippen molar-refractivity contribution in [2.75, 3.05) is 31.5 Å². The third kappa shape index (κ3) is 4.64. The molecule has 4 N–H and O–H groups in total. The Kier molecular flexibility index (Phi) is 6.50. The SMILES string of the molecule is Cc1cc2c(C3CCCCC3)cnc(NC3CCN(CCCN)CC3)c2[nH]c1=O. The quantitative estimate of drug-likeness (QED) is 0.694. The maximum absolute atomic E-state index is 12.4. The van der Waals surface area contributed by atoms with Crippen LogP contribution in [0.15, 0.2) is 17.1 Å². The summed E-state index contributed by atoms with van der Waals surface area (Å²) in [4.78, 5) is 22.8. The van der Waals surface area contributed by atoms with Gasteiger partial charge in [0.05, 0.1) is 5.52 Å². The summed E-state index contributed by atoms with van der Waals surface area (Å²) in [6.07, 6.45) is 11.7. The molecule has 0 spiro atoms. The van der Waals surface area contributed by atoms with Crippen molar-refractivity contribution in [1.29, 1.82) is 0 Å². The van der Waals surface area contributed by atoms with Gasteiger partial charge in [-0.25, -0.2) is 4.98 Å². The Labute approximate surface area is 173 Å². The van der Waals surface area contributed by atoms with Gasteiger partial charge in [-0.2, -0.15) is 0 Å². The summed E-state index contributed by atoms with van der Waals surface area (Å²) in [7, 11) is 0. The van der Waals surface area contributed by atoms with Gasteiger partial charge in [0.2, 0.25) is 0 Å². The first-order chi connectivity index (χ1) is 14.2. The van der Waals surface area contributed by atoms with Crippen LogP contribution in [0.5, 0.6) is 0 Å². The molecule has 2 aromatic heterocycles. The Morgan fingerprint density at radius 3 is 2.69 bits per heavy atom. The fourth-order valence-corrected chi connectivity index (χ4v) is 4.97. The second-order valence-electron chi connectivity index (χ2n) is 8.87. The highest BCUT2D eigenvalue weighted by Gasteiger charge is 2.23. The van der Waals surface area contributed by atoms with Crippen LogP contribution < -0.4 is 16.6 Å². The van der Waals surface area contributed by atoms with Crippen molar-refractivity contribution in [3.8, 4) is 0 Å². The summed E-state index contributed by atoms with van der Waals surface area (Å²) in [6, 6.07) is 2.46. The molecule has 1 aliphatic carbocycles. The largest absolute Gasteiger partial charge is 0.366 e. The van der Waals surface area contributed by atoms with Gasteiger partial charge in [-0.1, -0.05) is 19.3 Å². The first kappa shape index (κ1) is 20.4. The molecular formula is C23H35N5O. The molecule has 29 heavy (non-hydrogen) atoms. The molecule has 6 heteroatoms. The second kappa shape index (κ2) is 9.26. The molecule has 2 aliphatic rings. The minimum Gasteiger partial charge on any atom is -0.366 e. The van der Waals surface area contributed by atoms with E-state index in [2.05, 4.69) is 27.5 Å². The predicted octanol–water partition coefficient (Wildman–Crippen LogP) is 3.50. The number of H-pyrrole nitrogens is 1. The number of nitrogens with two attached hydrogens (primary N) is 1. The van der Waals surface area contributed by atoms with Gasteiger partial charge in [0, 0.05) is 36.3 Å². The lowest BCUT2D eigenvalue weighted by Crippen LogP contribution is -2.40. The molecule has 4 rings (SSSR count). The lowest BCUT2D eigenvalue weighted by molar-refractivity contribution is 0.218. The minimum atomic E-state index is -0.0141. The topological polar surface area (TPSA) is 87.0 Å². The summed E-state index contributed by atoms with van der Waals surface area (Å²) >= 11 is 0. The van der Waals surface area contributed by atoms with E-state index in [1.165, 1.54) is 43.1 Å². The van der Waals surface area contributed by atoms with Crippen LogP contribution in [0.25, 0.3) is 10.9 Å². The zero-order valence-corrected chi connectivity index (χ0v) is 17.7. The molecular weight excluding hydrogens is 362 g/mol. The van der Waals surface area contributed by atoms with Crippen molar-refractivity contribution in [3.05, 3.63) is 33.7 Å². The third-order valence-electron chi connectivity index (χ3n) is 6.76. The smallest absolute Gasteiger partial charge is 0.251 e. The van der Waals surface area contributed by atoms with Crippen molar-refractivity contribution < 1.29 is 0 Å². The number of rotatable bonds is 6. The fraction of sp³-hybridized carbons (Fsp3) is 0.652. The standard InChI is InChI=1S/C23H35N5O/c1-16-14-19-20(17-6-3-2-4-7-17)15-25-22(21(19)27-23(16)29)26-18-8-12-28(13-9-18)11-5-10-24/h14-15,17-18H,2-13,24H2,1H3,(H,25,26)(H,27,29). The van der Waals surface area contributed by atoms with Crippen LogP contribution in [0.2, 0.25) is 0 Å². The highest BCUT2D eigenvalue weighted by Crippen LogP contribution is 2.37. The summed E-state index contributed by atoms with van der Waals surface area (Å²) in [6.45, 7) is 5.92. The van der Waals surface area contributed by atoms with Gasteiger partial charge in [-0.05, 0) is 69.7 Å². The predicted molar refractivity (Wildman–Crippen MR) is 120 cm³/mol. The number of pyridine rings is 2. The Morgan fingerprint density at radius 1 is 1.21 bits per heavy atom. The average Bonchev–Trinajstić information content (AvgIpc) is 2.75. The zero-order valence-electron chi connectivity index (χ0n) is 17.7. The number of fused-ring (bicyclic) bond motifs is 1. The molecule has 0 aromatic carbocycles. The third-order valence-corrected chi connectivity index (χ3v) is 6.76. The Morgan fingerprint density at radius 2 is 1.97 bits per heavy atom. The Balaban J connectivity index is 1.57. The van der Waals surface area contributed by atoms with Gasteiger partial charge in [0.15, 0.2) is 5.82 Å². The number of likely N-dealkylation sites (tertiary alicyclic amines) is 1. The summed E-state index contributed by atoms with van der Waals surface area (Å²) in [5.41, 5.74) is 8.59. The monoisotopic (exact) mass is 397 g/mol. The van der Waals surface area contributed by atoms with Crippen LogP contribution in [0.3, 0.4) is 0 Å². The highest BCUT2D eigenvalue weighted by atomic mass is 16.1. The maximum atomic E-state index is 12.4. The summed E-state index contributed by atoms with van der Waals surface area (Å²) in [5, 5.41) is 4.82. The van der Waals surface area contributed by atoms with E-state index < -0.39 is 0 Å². The molecule has 1 saturated carbocycles. The van der Waals surface area contributed by atoms with E-state index in [9.17, 15) is 4.79 Å². The van der Waals surface area contributed by atoms with Crippen LogP contribution in [0, 0.1) is 6.92 Å². The van der Waals surface area contributed by atoms with E-state index in [0.717, 1.165) is 62.3 Å². The van der Waals surface area contributed by atoms with E-state index in [4.69, 9.17) is 10.7 Å². The van der Waals surface area contributed by atoms with Crippen molar-refractivity contribution in [3.63, 3.8) is 0 Å². The van der Waals surface area contributed by atoms with Crippen molar-refractivity contribution in [2.24, 2.45) is 5.73 Å². The lowest BCUT2D eigenvalue weighted by Gasteiger charge is -2.32. The van der Waals surface area contributed by atoms with Crippen LogP contribution in [-0.4, -0.2) is 47.1 Å². The number of aromatic nitrogens is 2. The van der Waals surface area contributed by atoms with Gasteiger partial charge in [-0.3, -0.25) is 4.79 Å². The number of hydrogen-bond acceptors (Lipinski definition) is 5. The van der Waals surface area contributed by atoms with E-state index in [1.54, 1.807) is 0 Å². The number of aryl methyl sites for hydroxylation is 1. The van der Waals surface area contributed by atoms with E-state index in [1.807, 2.05) is 6.92 Å². The number of aromatic amines is 1. The van der Waals surface area contributed by atoms with E-state index >= 15 is 0 Å². The average molecular weight is 398 g/mol. The molecule has 3 heterocycles. The molecule has 0 unspecified atom stereocenters. The van der Waals surface area contributed by atoms with Crippen LogP contribution in [-0.2, 0) is 0 Å². The van der Waals surface area contributed by atoms with Gasteiger partial charge >= 0.3 is 0 Å². The van der Waals surface area contributed by atoms with Crippen molar-refractivity contribution in [1.82, 2.24) is 14.9 Å². The number of anilines is 1. The molecule has 1 saturated heterocycles. The van der Waals surface area contributed by atoms with Gasteiger partial charge < -0.3 is 20.9 Å². The fourth-order valence-electron chi connectivity index (χ4n) is 4.97. The molecule has 1 aliphatic heterocycles. The van der Waals surface area contributed by atoms with Gasteiger partial charge in [0.1, 0.15) is 0 Å². The second-order valence-corrected chi connectivity index (χ2v) is 8.87. The zero-order chi connectivity index (χ0) is 20.2. The number of piperidine rings is 1. The van der Waals surface area contributed by atoms with E-state index in [0.29, 0.717) is 12.0 Å². The summed E-state index contributed by atoms with van der Waals surface area (Å²) in [5.74, 6) is 1.39. The molecule has 158 valence electrons. The normalized spacial score (nSPS) is 19.7. The first-order valence-corrected chi connectivity index (χ1v) is 11.4. The van der Waals surface area contributed by atoms with Crippen molar-refractivity contribution in [2.45, 2.75) is 70.3 Å². The molecule has 6 nitrogen and oxygen atoms in total. The molecule has 0 radical (unpaired) electrons. The van der Waals surface area contributed by atoms with Gasteiger partial charge in [0.25, 0.3) is 5.56 Å². The number of nitrogens with zero attached hydrogens (tertiary/aromatic N) is 2. The Bertz CT molecular complexity index is 879. The maximum Gasteiger partial charge on any atom is 0.251 e. The summed E-state index contributed by atoms with van der Waals surface area (Å²) < 4.78 is 0. The van der Waals surface area contributed by atoms with Crippen molar-refractivity contribution >= 4 is 16.7 Å². The first-order valence-electron chi connectivity index (χ1n) is 11.4. The van der Waals surface area contributed by atoms with Crippen LogP contribution in [0.1, 0.15) is 68.4 Å².